The Morgan fingerprint density at radius 2 is 1.92 bits per heavy atom. The molecule has 0 aliphatic rings. The van der Waals surface area contributed by atoms with E-state index in [1.54, 1.807) is 0 Å². The predicted octanol–water partition coefficient (Wildman–Crippen LogP) is 1.45. The number of rotatable bonds is 5. The van der Waals surface area contributed by atoms with Crippen molar-refractivity contribution < 1.29 is 23.2 Å². The highest BCUT2D eigenvalue weighted by Gasteiger charge is 2.19. The summed E-state index contributed by atoms with van der Waals surface area (Å²) in [5.74, 6) is -1.42. The summed E-state index contributed by atoms with van der Waals surface area (Å²) in [4.78, 5) is 24.1. The molecule has 1 aromatic heterocycles. The summed E-state index contributed by atoms with van der Waals surface area (Å²) >= 11 is 0. The fraction of sp³-hybridized carbons (Fsp3) is 0.0769. The lowest BCUT2D eigenvalue weighted by atomic mass is 10.3. The van der Waals surface area contributed by atoms with E-state index in [2.05, 4.69) is 10.3 Å². The van der Waals surface area contributed by atoms with Crippen LogP contribution >= 0.6 is 0 Å². The molecule has 0 unspecified atom stereocenters. The van der Waals surface area contributed by atoms with Crippen LogP contribution in [0.1, 0.15) is 6.92 Å². The lowest BCUT2D eigenvalue weighted by molar-refractivity contribution is -0.385. The third-order valence-electron chi connectivity index (χ3n) is 2.78. The smallest absolute Gasteiger partial charge is 0.291 e. The molecule has 0 fully saturated rings. The van der Waals surface area contributed by atoms with Crippen molar-refractivity contribution in [2.75, 3.05) is 10.0 Å². The van der Waals surface area contributed by atoms with Gasteiger partial charge in [-0.15, -0.1) is 0 Å². The average Bonchev–Trinajstić information content (AvgIpc) is 2.49. The summed E-state index contributed by atoms with van der Waals surface area (Å²) in [6, 6.07) is 6.05. The third kappa shape index (κ3) is 3.95. The van der Waals surface area contributed by atoms with Gasteiger partial charge in [-0.1, -0.05) is 0 Å². The third-order valence-corrected chi connectivity index (χ3v) is 4.13. The van der Waals surface area contributed by atoms with E-state index in [4.69, 9.17) is 0 Å². The summed E-state index contributed by atoms with van der Waals surface area (Å²) in [6.45, 7) is 1.31. The highest BCUT2D eigenvalue weighted by Crippen LogP contribution is 2.27. The van der Waals surface area contributed by atoms with Gasteiger partial charge in [0, 0.05) is 12.6 Å². The zero-order valence-electron chi connectivity index (χ0n) is 12.3. The fourth-order valence-electron chi connectivity index (χ4n) is 1.73. The molecule has 1 heterocycles. The Labute approximate surface area is 136 Å². The average molecular weight is 352 g/mol. The number of aromatic hydroxyl groups is 1. The predicted molar refractivity (Wildman–Crippen MR) is 84.1 cm³/mol. The van der Waals surface area contributed by atoms with Crippen molar-refractivity contribution in [1.82, 2.24) is 4.98 Å². The molecule has 0 aliphatic heterocycles. The number of pyridine rings is 1. The minimum Gasteiger partial charge on any atom is -0.504 e. The molecular weight excluding hydrogens is 340 g/mol. The molecule has 10 nitrogen and oxygen atoms in total. The van der Waals surface area contributed by atoms with Crippen LogP contribution in [0.4, 0.5) is 17.2 Å². The first kappa shape index (κ1) is 17.1. The molecule has 2 rings (SSSR count). The molecule has 1 amide bonds. The Balaban J connectivity index is 2.25. The molecule has 0 spiro atoms. The number of nitrogens with zero attached hydrogens (tertiary/aromatic N) is 2. The van der Waals surface area contributed by atoms with Crippen LogP contribution in [0.3, 0.4) is 0 Å². The topological polar surface area (TPSA) is 152 Å². The molecule has 0 aliphatic carbocycles. The van der Waals surface area contributed by atoms with Crippen LogP contribution in [0.5, 0.6) is 5.75 Å². The van der Waals surface area contributed by atoms with E-state index < -0.39 is 32.2 Å². The molecule has 126 valence electrons. The van der Waals surface area contributed by atoms with E-state index in [0.717, 1.165) is 12.3 Å². The van der Waals surface area contributed by atoms with Crippen LogP contribution in [0.2, 0.25) is 0 Å². The number of carbonyl (C=O) groups excluding carboxylic acids is 1. The molecule has 1 aromatic carbocycles. The first-order chi connectivity index (χ1) is 11.2. The monoisotopic (exact) mass is 352 g/mol. The minimum atomic E-state index is -4.07. The van der Waals surface area contributed by atoms with Gasteiger partial charge in [0.2, 0.25) is 5.91 Å². The largest absolute Gasteiger partial charge is 0.504 e. The maximum absolute atomic E-state index is 12.2. The summed E-state index contributed by atoms with van der Waals surface area (Å²) < 4.78 is 26.5. The molecule has 0 saturated carbocycles. The van der Waals surface area contributed by atoms with Gasteiger partial charge in [-0.25, -0.2) is 13.4 Å². The summed E-state index contributed by atoms with van der Waals surface area (Å²) in [5.41, 5.74) is -0.0622. The molecule has 0 saturated heterocycles. The first-order valence-electron chi connectivity index (χ1n) is 6.43. The highest BCUT2D eigenvalue weighted by atomic mass is 32.2. The van der Waals surface area contributed by atoms with Gasteiger partial charge in [-0.05, 0) is 24.3 Å². The van der Waals surface area contributed by atoms with E-state index in [9.17, 15) is 28.4 Å². The van der Waals surface area contributed by atoms with Gasteiger partial charge in [-0.2, -0.15) is 0 Å². The molecular formula is C13H12N4O6S. The number of hydrogen-bond acceptors (Lipinski definition) is 7. The van der Waals surface area contributed by atoms with Crippen molar-refractivity contribution >= 4 is 33.1 Å². The van der Waals surface area contributed by atoms with Gasteiger partial charge in [0.25, 0.3) is 15.7 Å². The Kier molecular flexibility index (Phi) is 4.64. The second-order valence-corrected chi connectivity index (χ2v) is 6.31. The number of benzene rings is 1. The number of nitro groups is 1. The van der Waals surface area contributed by atoms with Crippen molar-refractivity contribution in [2.45, 2.75) is 11.8 Å². The van der Waals surface area contributed by atoms with E-state index in [1.165, 1.54) is 31.2 Å². The minimum absolute atomic E-state index is 0.142. The summed E-state index contributed by atoms with van der Waals surface area (Å²) in [5, 5.41) is 22.7. The number of aromatic nitrogens is 1. The Morgan fingerprint density at radius 1 is 1.29 bits per heavy atom. The van der Waals surface area contributed by atoms with E-state index in [1.807, 2.05) is 4.72 Å². The number of sulfonamides is 1. The van der Waals surface area contributed by atoms with Crippen molar-refractivity contribution in [2.24, 2.45) is 0 Å². The summed E-state index contributed by atoms with van der Waals surface area (Å²) in [7, 11) is -4.07. The summed E-state index contributed by atoms with van der Waals surface area (Å²) in [6.07, 6.45) is 0.817. The molecule has 2 aromatic rings. The van der Waals surface area contributed by atoms with E-state index >= 15 is 0 Å². The van der Waals surface area contributed by atoms with Crippen molar-refractivity contribution in [3.05, 3.63) is 46.6 Å². The Bertz CT molecular complexity index is 895. The molecule has 11 heteroatoms. The second-order valence-electron chi connectivity index (χ2n) is 4.63. The molecule has 3 N–H and O–H groups in total. The number of anilines is 2. The molecule has 0 atom stereocenters. The van der Waals surface area contributed by atoms with Gasteiger partial charge in [0.15, 0.2) is 11.6 Å². The van der Waals surface area contributed by atoms with Crippen LogP contribution in [0, 0.1) is 10.1 Å². The van der Waals surface area contributed by atoms with Crippen molar-refractivity contribution in [3.8, 4) is 5.75 Å². The van der Waals surface area contributed by atoms with Crippen LogP contribution in [0.15, 0.2) is 41.4 Å². The van der Waals surface area contributed by atoms with Gasteiger partial charge in [0.1, 0.15) is 6.20 Å². The molecule has 0 bridgehead atoms. The molecule has 24 heavy (non-hydrogen) atoms. The zero-order chi connectivity index (χ0) is 17.9. The van der Waals surface area contributed by atoms with Crippen LogP contribution in [-0.4, -0.2) is 29.3 Å². The van der Waals surface area contributed by atoms with Crippen LogP contribution in [0.25, 0.3) is 0 Å². The van der Waals surface area contributed by atoms with E-state index in [-0.39, 0.29) is 10.8 Å². The van der Waals surface area contributed by atoms with Gasteiger partial charge in [0.05, 0.1) is 15.9 Å². The number of nitrogens with one attached hydrogen (secondary N) is 2. The van der Waals surface area contributed by atoms with Crippen molar-refractivity contribution in [1.29, 1.82) is 0 Å². The lowest BCUT2D eigenvalue weighted by Crippen LogP contribution is -2.14. The van der Waals surface area contributed by atoms with Gasteiger partial charge >= 0.3 is 0 Å². The highest BCUT2D eigenvalue weighted by molar-refractivity contribution is 7.92. The fourth-order valence-corrected chi connectivity index (χ4v) is 2.75. The Hall–Kier alpha value is -3.21. The van der Waals surface area contributed by atoms with Crippen molar-refractivity contribution in [3.63, 3.8) is 0 Å². The number of carbonyl (C=O) groups is 1. The quantitative estimate of drug-likeness (QED) is 0.544. The van der Waals surface area contributed by atoms with Crippen LogP contribution < -0.4 is 10.0 Å². The number of hydrogen-bond donors (Lipinski definition) is 3. The van der Waals surface area contributed by atoms with E-state index in [0.29, 0.717) is 5.69 Å². The normalized spacial score (nSPS) is 10.9. The SMILES string of the molecule is CC(=O)Nc1ccc(S(=O)(=O)Nc2ncc([N+](=O)[O-])cc2O)cc1. The standard InChI is InChI=1S/C13H12N4O6S/c1-8(18)15-9-2-4-11(5-3-9)24(22,23)16-13-12(19)6-10(7-14-13)17(20)21/h2-7,19H,1H3,(H,14,16)(H,15,18). The Morgan fingerprint density at radius 3 is 2.42 bits per heavy atom. The lowest BCUT2D eigenvalue weighted by Gasteiger charge is -2.09. The maximum Gasteiger partial charge on any atom is 0.291 e. The number of amides is 1. The second kappa shape index (κ2) is 6.50. The van der Waals surface area contributed by atoms with Gasteiger partial charge in [-0.3, -0.25) is 19.6 Å². The maximum atomic E-state index is 12.2. The first-order valence-corrected chi connectivity index (χ1v) is 7.91. The van der Waals surface area contributed by atoms with Gasteiger partial charge < -0.3 is 10.4 Å². The molecule has 0 radical (unpaired) electrons. The zero-order valence-corrected chi connectivity index (χ0v) is 13.1. The van der Waals surface area contributed by atoms with Crippen LogP contribution in [-0.2, 0) is 14.8 Å².